The number of unbranched alkanes of at least 4 members (excludes halogenated alkanes) is 1. The van der Waals surface area contributed by atoms with Gasteiger partial charge in [0.1, 0.15) is 17.4 Å². The molecule has 0 spiro atoms. The molecule has 3 aromatic carbocycles. The van der Waals surface area contributed by atoms with E-state index in [4.69, 9.17) is 15.1 Å². The Hall–Kier alpha value is -4.46. The molecule has 2 N–H and O–H groups in total. The Morgan fingerprint density at radius 3 is 2.57 bits per heavy atom. The molecule has 8 heteroatoms. The second-order valence-corrected chi connectivity index (χ2v) is 10.8. The summed E-state index contributed by atoms with van der Waals surface area (Å²) in [6.45, 7) is 4.94. The van der Waals surface area contributed by atoms with Crippen molar-refractivity contribution in [2.24, 2.45) is 0 Å². The highest BCUT2D eigenvalue weighted by Crippen LogP contribution is 2.28. The van der Waals surface area contributed by atoms with E-state index in [9.17, 15) is 9.59 Å². The lowest BCUT2D eigenvalue weighted by atomic mass is 9.95. The maximum absolute atomic E-state index is 14.3. The molecule has 0 radical (unpaired) electrons. The first kappa shape index (κ1) is 29.1. The number of aryl methyl sites for hydroxylation is 2. The summed E-state index contributed by atoms with van der Waals surface area (Å²) < 4.78 is 7.52. The molecule has 0 saturated heterocycles. The molecule has 0 aliphatic carbocycles. The van der Waals surface area contributed by atoms with Crippen LogP contribution in [-0.2, 0) is 25.7 Å². The Morgan fingerprint density at radius 2 is 1.83 bits per heavy atom. The van der Waals surface area contributed by atoms with E-state index in [0.29, 0.717) is 18.6 Å². The van der Waals surface area contributed by atoms with Gasteiger partial charge in [-0.3, -0.25) is 19.6 Å². The van der Waals surface area contributed by atoms with Crippen molar-refractivity contribution >= 4 is 19.5 Å². The highest BCUT2D eigenvalue weighted by Gasteiger charge is 2.20. The van der Waals surface area contributed by atoms with Crippen molar-refractivity contribution in [2.75, 3.05) is 6.61 Å². The number of amidine groups is 1. The van der Waals surface area contributed by atoms with Crippen LogP contribution in [0.1, 0.15) is 66.9 Å². The van der Waals surface area contributed by atoms with Crippen molar-refractivity contribution < 1.29 is 9.53 Å². The zero-order valence-electron chi connectivity index (χ0n) is 24.6. The number of aromatic nitrogens is 2. The van der Waals surface area contributed by atoms with Gasteiger partial charge in [0.25, 0.3) is 5.56 Å². The van der Waals surface area contributed by atoms with Gasteiger partial charge in [0.2, 0.25) is 7.85 Å². The lowest BCUT2D eigenvalue weighted by Gasteiger charge is -2.18. The van der Waals surface area contributed by atoms with Crippen molar-refractivity contribution in [1.82, 2.24) is 14.9 Å². The second kappa shape index (κ2) is 13.0. The minimum absolute atomic E-state index is 0.00315. The number of nitrogens with zero attached hydrogens (tertiary/aromatic N) is 2. The third-order valence-electron chi connectivity index (χ3n) is 7.65. The lowest BCUT2D eigenvalue weighted by Crippen LogP contribution is -2.29. The third-order valence-corrected chi connectivity index (χ3v) is 7.65. The molecule has 2 heterocycles. The first-order valence-electron chi connectivity index (χ1n) is 14.8. The number of amides is 1. The predicted octanol–water partition coefficient (Wildman–Crippen LogP) is 5.39. The molecule has 42 heavy (non-hydrogen) atoms. The summed E-state index contributed by atoms with van der Waals surface area (Å²) in [7, 11) is 1.40. The van der Waals surface area contributed by atoms with E-state index in [1.54, 1.807) is 0 Å². The molecule has 0 fully saturated rings. The Labute approximate surface area is 247 Å². The van der Waals surface area contributed by atoms with E-state index < -0.39 is 0 Å². The highest BCUT2D eigenvalue weighted by molar-refractivity contribution is 6.58. The standard InChI is InChI=1S/C34H37BN4O3/c1-3-5-11-29-28(33(40)39(31(37-29)8-4-2)25-16-17-30-24(21-25)18-19-42-30)20-22-12-14-23(15-13-22)26-9-6-7-10-27(26)32(36)38-34(35)41/h6-7,9-10,12-17,21H,3-5,8,11,18-20,35H2,1-2H3,(H2,36,38,41). The quantitative estimate of drug-likeness (QED) is 0.155. The maximum Gasteiger partial charge on any atom is 0.261 e. The van der Waals surface area contributed by atoms with Crippen molar-refractivity contribution in [3.63, 3.8) is 0 Å². The number of benzene rings is 3. The van der Waals surface area contributed by atoms with Gasteiger partial charge in [0, 0.05) is 30.4 Å². The topological polar surface area (TPSA) is 97.1 Å². The molecule has 0 saturated carbocycles. The molecule has 214 valence electrons. The summed E-state index contributed by atoms with van der Waals surface area (Å²) in [6.07, 6.45) is 5.72. The van der Waals surface area contributed by atoms with E-state index in [1.165, 1.54) is 7.85 Å². The summed E-state index contributed by atoms with van der Waals surface area (Å²) >= 11 is 0. The van der Waals surface area contributed by atoms with Crippen LogP contribution in [-0.4, -0.2) is 35.6 Å². The maximum atomic E-state index is 14.3. The molecule has 5 rings (SSSR count). The van der Waals surface area contributed by atoms with E-state index in [1.807, 2.05) is 65.2 Å². The van der Waals surface area contributed by atoms with Gasteiger partial charge in [-0.25, -0.2) is 4.98 Å². The molecule has 0 bridgehead atoms. The number of rotatable bonds is 10. The number of nitrogens with one attached hydrogen (secondary N) is 2. The fourth-order valence-electron chi connectivity index (χ4n) is 5.55. The van der Waals surface area contributed by atoms with Crippen LogP contribution in [0.2, 0.25) is 0 Å². The molecule has 1 aromatic heterocycles. The fraction of sp³-hybridized carbons (Fsp3) is 0.294. The van der Waals surface area contributed by atoms with Gasteiger partial charge in [-0.15, -0.1) is 0 Å². The fourth-order valence-corrected chi connectivity index (χ4v) is 5.55. The van der Waals surface area contributed by atoms with Gasteiger partial charge in [0.05, 0.1) is 18.0 Å². The van der Waals surface area contributed by atoms with Crippen LogP contribution >= 0.6 is 0 Å². The molecule has 4 aromatic rings. The highest BCUT2D eigenvalue weighted by atomic mass is 16.5. The Morgan fingerprint density at radius 1 is 1.05 bits per heavy atom. The minimum Gasteiger partial charge on any atom is -0.493 e. The number of carbonyl (C=O) groups excluding carboxylic acids is 1. The lowest BCUT2D eigenvalue weighted by molar-refractivity contribution is 0.263. The number of ether oxygens (including phenoxy) is 1. The van der Waals surface area contributed by atoms with Crippen molar-refractivity contribution in [3.8, 4) is 22.6 Å². The van der Waals surface area contributed by atoms with Gasteiger partial charge in [-0.05, 0) is 59.7 Å². The van der Waals surface area contributed by atoms with E-state index in [2.05, 4.69) is 25.2 Å². The summed E-state index contributed by atoms with van der Waals surface area (Å²) in [4.78, 5) is 30.9. The molecular formula is C34H37BN4O3. The molecule has 0 atom stereocenters. The van der Waals surface area contributed by atoms with Crippen LogP contribution in [0.25, 0.3) is 16.8 Å². The van der Waals surface area contributed by atoms with Gasteiger partial charge in [-0.1, -0.05) is 68.8 Å². The third kappa shape index (κ3) is 6.23. The van der Waals surface area contributed by atoms with Gasteiger partial charge >= 0.3 is 0 Å². The first-order chi connectivity index (χ1) is 20.4. The Bertz CT molecular complexity index is 1680. The van der Waals surface area contributed by atoms with Crippen LogP contribution in [0.5, 0.6) is 5.75 Å². The summed E-state index contributed by atoms with van der Waals surface area (Å²) in [5.74, 6) is 1.50. The molecular weight excluding hydrogens is 523 g/mol. The zero-order chi connectivity index (χ0) is 29.6. The van der Waals surface area contributed by atoms with Crippen LogP contribution in [0.3, 0.4) is 0 Å². The Kier molecular flexibility index (Phi) is 9.01. The monoisotopic (exact) mass is 560 g/mol. The smallest absolute Gasteiger partial charge is 0.261 e. The first-order valence-corrected chi connectivity index (χ1v) is 14.8. The van der Waals surface area contributed by atoms with Crippen molar-refractivity contribution in [3.05, 3.63) is 111 Å². The van der Waals surface area contributed by atoms with E-state index in [0.717, 1.165) is 89.3 Å². The van der Waals surface area contributed by atoms with Crippen molar-refractivity contribution in [1.29, 1.82) is 5.41 Å². The molecule has 1 aliphatic heterocycles. The normalized spacial score (nSPS) is 12.0. The van der Waals surface area contributed by atoms with Crippen LogP contribution in [0, 0.1) is 5.41 Å². The number of carbonyl (C=O) groups is 1. The van der Waals surface area contributed by atoms with Crippen LogP contribution in [0.15, 0.2) is 71.5 Å². The zero-order valence-corrected chi connectivity index (χ0v) is 24.6. The van der Waals surface area contributed by atoms with Crippen LogP contribution < -0.4 is 15.6 Å². The van der Waals surface area contributed by atoms with E-state index >= 15 is 0 Å². The van der Waals surface area contributed by atoms with Gasteiger partial charge < -0.3 is 10.1 Å². The Balaban J connectivity index is 1.53. The largest absolute Gasteiger partial charge is 0.493 e. The molecule has 7 nitrogen and oxygen atoms in total. The average Bonchev–Trinajstić information content (AvgIpc) is 3.46. The van der Waals surface area contributed by atoms with Crippen molar-refractivity contribution in [2.45, 2.75) is 58.8 Å². The predicted molar refractivity (Wildman–Crippen MR) is 170 cm³/mol. The summed E-state index contributed by atoms with van der Waals surface area (Å²) in [5.41, 5.74) is 7.06. The van der Waals surface area contributed by atoms with Gasteiger partial charge in [0.15, 0.2) is 5.81 Å². The average molecular weight is 561 g/mol. The summed E-state index contributed by atoms with van der Waals surface area (Å²) in [5, 5.41) is 10.9. The van der Waals surface area contributed by atoms with Gasteiger partial charge in [-0.2, -0.15) is 0 Å². The SMILES string of the molecule is BC(=O)NC(=N)c1ccccc1-c1ccc(Cc2c(CCCC)nc(CCC)n(-c3ccc4c(c3)CCO4)c2=O)cc1. The van der Waals surface area contributed by atoms with Crippen LogP contribution in [0.4, 0.5) is 4.79 Å². The van der Waals surface area contributed by atoms with E-state index in [-0.39, 0.29) is 17.2 Å². The minimum atomic E-state index is -0.276. The molecule has 1 amide bonds. The molecule has 1 aliphatic rings. The summed E-state index contributed by atoms with van der Waals surface area (Å²) in [6, 6.07) is 21.7. The number of fused-ring (bicyclic) bond motifs is 1. The number of hydrogen-bond acceptors (Lipinski definition) is 5. The molecule has 0 unspecified atom stereocenters. The second-order valence-electron chi connectivity index (χ2n) is 10.8. The number of hydrogen-bond donors (Lipinski definition) is 2.